The van der Waals surface area contributed by atoms with Crippen molar-refractivity contribution in [3.63, 3.8) is 0 Å². The third-order valence-corrected chi connectivity index (χ3v) is 2.92. The highest BCUT2D eigenvalue weighted by atomic mass is 16.5. The first kappa shape index (κ1) is 18.6. The third-order valence-electron chi connectivity index (χ3n) is 2.92. The van der Waals surface area contributed by atoms with Gasteiger partial charge in [-0.05, 0) is 12.5 Å². The van der Waals surface area contributed by atoms with Gasteiger partial charge in [0.05, 0.1) is 13.0 Å². The van der Waals surface area contributed by atoms with Crippen LogP contribution in [-0.4, -0.2) is 50.7 Å². The molecule has 0 heterocycles. The molecule has 0 fully saturated rings. The summed E-state index contributed by atoms with van der Waals surface area (Å²) in [4.78, 5) is 34.9. The van der Waals surface area contributed by atoms with Crippen LogP contribution < -0.4 is 10.6 Å². The molecule has 0 spiro atoms. The van der Waals surface area contributed by atoms with Gasteiger partial charge in [0.15, 0.2) is 6.10 Å². The zero-order valence-electron chi connectivity index (χ0n) is 13.3. The van der Waals surface area contributed by atoms with Gasteiger partial charge in [0.25, 0.3) is 5.91 Å². The van der Waals surface area contributed by atoms with E-state index in [-0.39, 0.29) is 18.9 Å². The summed E-state index contributed by atoms with van der Waals surface area (Å²) in [5.41, 5.74) is 0.851. The summed E-state index contributed by atoms with van der Waals surface area (Å²) in [6.45, 7) is 1.90. The van der Waals surface area contributed by atoms with E-state index in [9.17, 15) is 14.4 Å². The van der Waals surface area contributed by atoms with Crippen molar-refractivity contribution in [2.45, 2.75) is 19.4 Å². The minimum absolute atomic E-state index is 0.182. The summed E-state index contributed by atoms with van der Waals surface area (Å²) in [5, 5.41) is 5.02. The first-order valence-electron chi connectivity index (χ1n) is 7.29. The van der Waals surface area contributed by atoms with Gasteiger partial charge in [-0.3, -0.25) is 14.4 Å². The molecule has 7 nitrogen and oxygen atoms in total. The molecule has 126 valence electrons. The van der Waals surface area contributed by atoms with E-state index in [1.165, 1.54) is 14.0 Å². The normalized spacial score (nSPS) is 11.4. The second kappa shape index (κ2) is 10.3. The molecule has 0 saturated carbocycles. The maximum atomic E-state index is 11.7. The van der Waals surface area contributed by atoms with Crippen molar-refractivity contribution in [3.05, 3.63) is 35.9 Å². The van der Waals surface area contributed by atoms with Crippen LogP contribution in [0.4, 0.5) is 0 Å². The van der Waals surface area contributed by atoms with Crippen LogP contribution >= 0.6 is 0 Å². The lowest BCUT2D eigenvalue weighted by molar-refractivity contribution is -0.154. The number of nitrogens with one attached hydrogen (secondary N) is 2. The number of carbonyl (C=O) groups is 3. The number of hydrogen-bond acceptors (Lipinski definition) is 5. The highest BCUT2D eigenvalue weighted by Crippen LogP contribution is 1.99. The van der Waals surface area contributed by atoms with Gasteiger partial charge in [-0.1, -0.05) is 30.3 Å². The van der Waals surface area contributed by atoms with E-state index >= 15 is 0 Å². The van der Waals surface area contributed by atoms with Crippen molar-refractivity contribution < 1.29 is 23.9 Å². The minimum Gasteiger partial charge on any atom is -0.451 e. The number of rotatable bonds is 9. The molecular formula is C16H22N2O5. The molecule has 0 unspecified atom stereocenters. The number of carbonyl (C=O) groups excluding carboxylic acids is 3. The summed E-state index contributed by atoms with van der Waals surface area (Å²) < 4.78 is 9.73. The second-order valence-corrected chi connectivity index (χ2v) is 4.86. The molecule has 7 heteroatoms. The molecule has 0 aliphatic heterocycles. The number of ether oxygens (including phenoxy) is 2. The molecule has 2 N–H and O–H groups in total. The Morgan fingerprint density at radius 2 is 1.83 bits per heavy atom. The van der Waals surface area contributed by atoms with E-state index in [1.54, 1.807) is 0 Å². The minimum atomic E-state index is -0.926. The lowest BCUT2D eigenvalue weighted by Gasteiger charge is -2.13. The number of hydrogen-bond donors (Lipinski definition) is 2. The van der Waals surface area contributed by atoms with E-state index in [2.05, 4.69) is 10.6 Å². The van der Waals surface area contributed by atoms with Crippen molar-refractivity contribution in [2.75, 3.05) is 26.8 Å². The molecule has 23 heavy (non-hydrogen) atoms. The van der Waals surface area contributed by atoms with Crippen molar-refractivity contribution in [2.24, 2.45) is 0 Å². The first-order chi connectivity index (χ1) is 11.0. The van der Waals surface area contributed by atoms with Gasteiger partial charge in [0.1, 0.15) is 6.54 Å². The zero-order chi connectivity index (χ0) is 17.1. The maximum Gasteiger partial charge on any atom is 0.326 e. The number of esters is 1. The Labute approximate surface area is 135 Å². The van der Waals surface area contributed by atoms with Crippen LogP contribution in [0.1, 0.15) is 12.5 Å². The van der Waals surface area contributed by atoms with E-state index in [0.717, 1.165) is 5.56 Å². The van der Waals surface area contributed by atoms with Crippen molar-refractivity contribution in [3.8, 4) is 0 Å². The first-order valence-corrected chi connectivity index (χ1v) is 7.29. The van der Waals surface area contributed by atoms with Gasteiger partial charge in [0, 0.05) is 13.7 Å². The van der Waals surface area contributed by atoms with Gasteiger partial charge in [0.2, 0.25) is 5.91 Å². The lowest BCUT2D eigenvalue weighted by Crippen LogP contribution is -2.40. The molecule has 1 aromatic rings. The molecule has 0 aliphatic carbocycles. The summed E-state index contributed by atoms with van der Waals surface area (Å²) in [5.74, 6) is -1.36. The Morgan fingerprint density at radius 1 is 1.13 bits per heavy atom. The van der Waals surface area contributed by atoms with E-state index < -0.39 is 18.0 Å². The van der Waals surface area contributed by atoms with E-state index in [4.69, 9.17) is 9.47 Å². The summed E-state index contributed by atoms with van der Waals surface area (Å²) in [6, 6.07) is 9.17. The molecule has 0 aliphatic rings. The van der Waals surface area contributed by atoms with E-state index in [1.807, 2.05) is 30.3 Å². The third kappa shape index (κ3) is 7.96. The molecule has 1 atom stereocenters. The van der Waals surface area contributed by atoms with Crippen molar-refractivity contribution in [1.29, 1.82) is 0 Å². The van der Waals surface area contributed by atoms with Gasteiger partial charge < -0.3 is 20.1 Å². The Morgan fingerprint density at radius 3 is 2.48 bits per heavy atom. The zero-order valence-corrected chi connectivity index (χ0v) is 13.3. The van der Waals surface area contributed by atoms with Crippen LogP contribution in [0.15, 0.2) is 30.3 Å². The van der Waals surface area contributed by atoms with E-state index in [0.29, 0.717) is 13.2 Å². The van der Waals surface area contributed by atoms with Crippen LogP contribution in [0.5, 0.6) is 0 Å². The topological polar surface area (TPSA) is 93.7 Å². The SMILES string of the molecule is COCCNC(=O)[C@H](C)OC(=O)CNC(=O)Cc1ccccc1. The molecule has 2 amide bonds. The second-order valence-electron chi connectivity index (χ2n) is 4.86. The number of amides is 2. The smallest absolute Gasteiger partial charge is 0.326 e. The molecule has 1 rings (SSSR count). The van der Waals surface area contributed by atoms with Crippen molar-refractivity contribution >= 4 is 17.8 Å². The average Bonchev–Trinajstić information content (AvgIpc) is 2.54. The quantitative estimate of drug-likeness (QED) is 0.494. The summed E-state index contributed by atoms with van der Waals surface area (Å²) >= 11 is 0. The molecule has 0 saturated heterocycles. The van der Waals surface area contributed by atoms with Gasteiger partial charge in [-0.2, -0.15) is 0 Å². The number of methoxy groups -OCH3 is 1. The van der Waals surface area contributed by atoms with Crippen LogP contribution in [0.3, 0.4) is 0 Å². The fourth-order valence-electron chi connectivity index (χ4n) is 1.73. The number of benzene rings is 1. The highest BCUT2D eigenvalue weighted by Gasteiger charge is 2.17. The predicted molar refractivity (Wildman–Crippen MR) is 83.6 cm³/mol. The molecule has 1 aromatic carbocycles. The van der Waals surface area contributed by atoms with Crippen LogP contribution in [0.25, 0.3) is 0 Å². The fraction of sp³-hybridized carbons (Fsp3) is 0.438. The van der Waals surface area contributed by atoms with Gasteiger partial charge in [-0.25, -0.2) is 0 Å². The predicted octanol–water partition coefficient (Wildman–Crippen LogP) is 0.0396. The monoisotopic (exact) mass is 322 g/mol. The Bertz CT molecular complexity index is 518. The lowest BCUT2D eigenvalue weighted by atomic mass is 10.1. The Kier molecular flexibility index (Phi) is 8.38. The summed E-state index contributed by atoms with van der Waals surface area (Å²) in [7, 11) is 1.52. The average molecular weight is 322 g/mol. The van der Waals surface area contributed by atoms with Crippen LogP contribution in [-0.2, 0) is 30.3 Å². The molecule has 0 aromatic heterocycles. The standard InChI is InChI=1S/C16H22N2O5/c1-12(16(21)17-8-9-22-2)23-15(20)11-18-14(19)10-13-6-4-3-5-7-13/h3-7,12H,8-11H2,1-2H3,(H,17,21)(H,18,19)/t12-/m0/s1. The fourth-order valence-corrected chi connectivity index (χ4v) is 1.73. The Hall–Kier alpha value is -2.41. The van der Waals surface area contributed by atoms with Crippen molar-refractivity contribution in [1.82, 2.24) is 10.6 Å². The van der Waals surface area contributed by atoms with Gasteiger partial charge >= 0.3 is 5.97 Å². The molecule has 0 radical (unpaired) electrons. The van der Waals surface area contributed by atoms with Gasteiger partial charge in [-0.15, -0.1) is 0 Å². The van der Waals surface area contributed by atoms with Crippen LogP contribution in [0, 0.1) is 0 Å². The molecule has 0 bridgehead atoms. The maximum absolute atomic E-state index is 11.7. The molecular weight excluding hydrogens is 300 g/mol. The largest absolute Gasteiger partial charge is 0.451 e. The highest BCUT2D eigenvalue weighted by molar-refractivity contribution is 5.86. The van der Waals surface area contributed by atoms with Crippen LogP contribution in [0.2, 0.25) is 0 Å². The Balaban J connectivity index is 2.25. The summed E-state index contributed by atoms with van der Waals surface area (Å²) in [6.07, 6.45) is -0.744.